The smallest absolute Gasteiger partial charge is 0.224 e. The number of hydrogen-bond donors (Lipinski definition) is 1. The second-order valence-corrected chi connectivity index (χ2v) is 7.67. The largest absolute Gasteiger partial charge is 0.368 e. The number of piperazine rings is 1. The molecule has 0 aromatic heterocycles. The fourth-order valence-electron chi connectivity index (χ4n) is 3.37. The SMILES string of the molecule is Cc1cccc(N2CCN(C(=O)CC3CSCCN3)CC2)c1C. The summed E-state index contributed by atoms with van der Waals surface area (Å²) < 4.78 is 0. The number of thioether (sulfide) groups is 1. The summed E-state index contributed by atoms with van der Waals surface area (Å²) in [6, 6.07) is 6.84. The van der Waals surface area contributed by atoms with Crippen molar-refractivity contribution in [2.24, 2.45) is 0 Å². The average molecular weight is 334 g/mol. The van der Waals surface area contributed by atoms with Gasteiger partial charge >= 0.3 is 0 Å². The Morgan fingerprint density at radius 1 is 1.26 bits per heavy atom. The number of amides is 1. The van der Waals surface area contributed by atoms with E-state index >= 15 is 0 Å². The zero-order chi connectivity index (χ0) is 16.2. The average Bonchev–Trinajstić information content (AvgIpc) is 2.58. The molecule has 4 nitrogen and oxygen atoms in total. The van der Waals surface area contributed by atoms with E-state index in [2.05, 4.69) is 42.3 Å². The molecule has 1 aromatic rings. The second-order valence-electron chi connectivity index (χ2n) is 6.52. The Balaban J connectivity index is 1.53. The lowest BCUT2D eigenvalue weighted by molar-refractivity contribution is -0.131. The van der Waals surface area contributed by atoms with Crippen LogP contribution in [-0.4, -0.2) is 61.1 Å². The van der Waals surface area contributed by atoms with Gasteiger partial charge in [-0.05, 0) is 31.0 Å². The summed E-state index contributed by atoms with van der Waals surface area (Å²) in [7, 11) is 0. The molecule has 1 unspecified atom stereocenters. The fourth-order valence-corrected chi connectivity index (χ4v) is 4.31. The van der Waals surface area contributed by atoms with E-state index < -0.39 is 0 Å². The van der Waals surface area contributed by atoms with Crippen LogP contribution < -0.4 is 10.2 Å². The fraction of sp³-hybridized carbons (Fsp3) is 0.611. The van der Waals surface area contributed by atoms with Gasteiger partial charge in [0.2, 0.25) is 5.91 Å². The van der Waals surface area contributed by atoms with Crippen molar-refractivity contribution in [2.45, 2.75) is 26.3 Å². The highest BCUT2D eigenvalue weighted by Crippen LogP contribution is 2.24. The molecule has 2 aliphatic rings. The van der Waals surface area contributed by atoms with Crippen molar-refractivity contribution in [3.63, 3.8) is 0 Å². The first kappa shape index (κ1) is 16.7. The lowest BCUT2D eigenvalue weighted by atomic mass is 10.1. The zero-order valence-electron chi connectivity index (χ0n) is 14.2. The molecule has 1 N–H and O–H groups in total. The first-order chi connectivity index (χ1) is 11.1. The highest BCUT2D eigenvalue weighted by molar-refractivity contribution is 7.99. The van der Waals surface area contributed by atoms with Gasteiger partial charge < -0.3 is 15.1 Å². The normalized spacial score (nSPS) is 22.3. The number of anilines is 1. The molecule has 1 aromatic carbocycles. The van der Waals surface area contributed by atoms with Gasteiger partial charge in [-0.25, -0.2) is 0 Å². The molecule has 1 amide bonds. The summed E-state index contributed by atoms with van der Waals surface area (Å²) >= 11 is 1.95. The molecular weight excluding hydrogens is 306 g/mol. The second kappa shape index (κ2) is 7.58. The standard InChI is InChI=1S/C18H27N3OS/c1-14-4-3-5-17(15(14)2)20-7-9-21(10-8-20)18(22)12-16-13-23-11-6-19-16/h3-5,16,19H,6-13H2,1-2H3. The van der Waals surface area contributed by atoms with E-state index in [1.165, 1.54) is 22.6 Å². The van der Waals surface area contributed by atoms with Gasteiger partial charge in [0.1, 0.15) is 0 Å². The van der Waals surface area contributed by atoms with Crippen molar-refractivity contribution in [2.75, 3.05) is 49.1 Å². The van der Waals surface area contributed by atoms with E-state index in [4.69, 9.17) is 0 Å². The number of carbonyl (C=O) groups is 1. The number of hydrogen-bond acceptors (Lipinski definition) is 4. The highest BCUT2D eigenvalue weighted by Gasteiger charge is 2.25. The highest BCUT2D eigenvalue weighted by atomic mass is 32.2. The quantitative estimate of drug-likeness (QED) is 0.918. The number of nitrogens with one attached hydrogen (secondary N) is 1. The minimum absolute atomic E-state index is 0.311. The van der Waals surface area contributed by atoms with Gasteiger partial charge in [0.25, 0.3) is 0 Å². The van der Waals surface area contributed by atoms with Crippen molar-refractivity contribution in [3.05, 3.63) is 29.3 Å². The Kier molecular flexibility index (Phi) is 5.49. The topological polar surface area (TPSA) is 35.6 Å². The van der Waals surface area contributed by atoms with Gasteiger partial charge in [-0.15, -0.1) is 0 Å². The molecule has 0 radical (unpaired) electrons. The van der Waals surface area contributed by atoms with Crippen LogP contribution in [0.2, 0.25) is 0 Å². The third-order valence-corrected chi connectivity index (χ3v) is 6.10. The molecule has 0 bridgehead atoms. The summed E-state index contributed by atoms with van der Waals surface area (Å²) in [6.07, 6.45) is 0.649. The van der Waals surface area contributed by atoms with Crippen LogP contribution in [0.4, 0.5) is 5.69 Å². The molecular formula is C18H27N3OS. The molecule has 2 heterocycles. The lowest BCUT2D eigenvalue weighted by Gasteiger charge is -2.37. The van der Waals surface area contributed by atoms with Crippen LogP contribution in [0.3, 0.4) is 0 Å². The lowest BCUT2D eigenvalue weighted by Crippen LogP contribution is -2.51. The summed E-state index contributed by atoms with van der Waals surface area (Å²) in [5.41, 5.74) is 4.01. The Hall–Kier alpha value is -1.20. The molecule has 0 aliphatic carbocycles. The van der Waals surface area contributed by atoms with Crippen LogP contribution in [0.25, 0.3) is 0 Å². The monoisotopic (exact) mass is 333 g/mol. The van der Waals surface area contributed by atoms with E-state index in [1.807, 2.05) is 16.7 Å². The predicted octanol–water partition coefficient (Wildman–Crippen LogP) is 2.05. The Morgan fingerprint density at radius 3 is 2.74 bits per heavy atom. The van der Waals surface area contributed by atoms with Gasteiger partial charge in [0.15, 0.2) is 0 Å². The minimum atomic E-state index is 0.311. The molecule has 3 rings (SSSR count). The van der Waals surface area contributed by atoms with Crippen LogP contribution >= 0.6 is 11.8 Å². The number of rotatable bonds is 3. The molecule has 2 aliphatic heterocycles. The van der Waals surface area contributed by atoms with Crippen LogP contribution in [0, 0.1) is 13.8 Å². The Bertz CT molecular complexity index is 549. The number of aryl methyl sites for hydroxylation is 1. The van der Waals surface area contributed by atoms with Crippen LogP contribution in [-0.2, 0) is 4.79 Å². The van der Waals surface area contributed by atoms with E-state index in [0.29, 0.717) is 18.4 Å². The minimum Gasteiger partial charge on any atom is -0.368 e. The van der Waals surface area contributed by atoms with E-state index in [-0.39, 0.29) is 0 Å². The van der Waals surface area contributed by atoms with Gasteiger partial charge in [-0.2, -0.15) is 11.8 Å². The van der Waals surface area contributed by atoms with E-state index in [9.17, 15) is 4.79 Å². The first-order valence-corrected chi connectivity index (χ1v) is 9.70. The maximum atomic E-state index is 12.5. The molecule has 1 atom stereocenters. The zero-order valence-corrected chi connectivity index (χ0v) is 15.0. The van der Waals surface area contributed by atoms with Crippen molar-refractivity contribution < 1.29 is 4.79 Å². The van der Waals surface area contributed by atoms with Gasteiger partial charge in [-0.3, -0.25) is 4.79 Å². The summed E-state index contributed by atoms with van der Waals surface area (Å²) in [5.74, 6) is 2.54. The van der Waals surface area contributed by atoms with Crippen LogP contribution in [0.1, 0.15) is 17.5 Å². The maximum Gasteiger partial charge on any atom is 0.224 e. The summed E-state index contributed by atoms with van der Waals surface area (Å²) in [6.45, 7) is 8.93. The van der Waals surface area contributed by atoms with Crippen molar-refractivity contribution in [1.82, 2.24) is 10.2 Å². The predicted molar refractivity (Wildman–Crippen MR) is 98.4 cm³/mol. The molecule has 126 valence electrons. The Morgan fingerprint density at radius 2 is 2.04 bits per heavy atom. The van der Waals surface area contributed by atoms with Crippen LogP contribution in [0.5, 0.6) is 0 Å². The van der Waals surface area contributed by atoms with Crippen molar-refractivity contribution >= 4 is 23.4 Å². The summed E-state index contributed by atoms with van der Waals surface area (Å²) in [5, 5.41) is 3.46. The summed E-state index contributed by atoms with van der Waals surface area (Å²) in [4.78, 5) is 17.0. The number of nitrogens with zero attached hydrogens (tertiary/aromatic N) is 2. The molecule has 5 heteroatoms. The van der Waals surface area contributed by atoms with Crippen molar-refractivity contribution in [3.8, 4) is 0 Å². The first-order valence-electron chi connectivity index (χ1n) is 8.55. The maximum absolute atomic E-state index is 12.5. The van der Waals surface area contributed by atoms with Crippen molar-refractivity contribution in [1.29, 1.82) is 0 Å². The molecule has 0 spiro atoms. The van der Waals surface area contributed by atoms with E-state index in [1.54, 1.807) is 0 Å². The molecule has 0 saturated carbocycles. The number of carbonyl (C=O) groups excluding carboxylic acids is 1. The van der Waals surface area contributed by atoms with Gasteiger partial charge in [0, 0.05) is 62.4 Å². The molecule has 23 heavy (non-hydrogen) atoms. The molecule has 2 fully saturated rings. The van der Waals surface area contributed by atoms with Gasteiger partial charge in [0.05, 0.1) is 0 Å². The Labute approximate surface area is 143 Å². The third kappa shape index (κ3) is 4.01. The van der Waals surface area contributed by atoms with Gasteiger partial charge in [-0.1, -0.05) is 12.1 Å². The number of benzene rings is 1. The third-order valence-electron chi connectivity index (χ3n) is 4.97. The molecule has 2 saturated heterocycles. The van der Waals surface area contributed by atoms with Crippen LogP contribution in [0.15, 0.2) is 18.2 Å². The van der Waals surface area contributed by atoms with E-state index in [0.717, 1.165) is 38.5 Å².